The highest BCUT2D eigenvalue weighted by atomic mass is 35.5. The summed E-state index contributed by atoms with van der Waals surface area (Å²) < 4.78 is 26.3. The Hall–Kier alpha value is -0.960. The van der Waals surface area contributed by atoms with Crippen LogP contribution >= 0.6 is 11.6 Å². The van der Waals surface area contributed by atoms with Gasteiger partial charge in [0.1, 0.15) is 17.2 Å². The molecule has 0 aliphatic heterocycles. The summed E-state index contributed by atoms with van der Waals surface area (Å²) in [6, 6.07) is 2.28. The molecule has 0 unspecified atom stereocenters. The zero-order chi connectivity index (χ0) is 10.7. The SMILES string of the molecule is CCCc1cc(F)c(C(=O)Cl)c(F)c1. The van der Waals surface area contributed by atoms with Gasteiger partial charge in [-0.25, -0.2) is 8.78 Å². The highest BCUT2D eigenvalue weighted by Crippen LogP contribution is 2.18. The van der Waals surface area contributed by atoms with Crippen LogP contribution in [-0.2, 0) is 6.42 Å². The van der Waals surface area contributed by atoms with Crippen molar-refractivity contribution >= 4 is 16.8 Å². The van der Waals surface area contributed by atoms with Crippen molar-refractivity contribution in [3.8, 4) is 0 Å². The fourth-order valence-corrected chi connectivity index (χ4v) is 1.43. The van der Waals surface area contributed by atoms with Gasteiger partial charge in [-0.1, -0.05) is 13.3 Å². The second-order valence-corrected chi connectivity index (χ2v) is 3.30. The molecule has 0 N–H and O–H groups in total. The molecule has 1 rings (SSSR count). The maximum atomic E-state index is 13.1. The Bertz CT molecular complexity index is 340. The van der Waals surface area contributed by atoms with Gasteiger partial charge in [-0.2, -0.15) is 0 Å². The van der Waals surface area contributed by atoms with Crippen LogP contribution in [0.5, 0.6) is 0 Å². The van der Waals surface area contributed by atoms with Gasteiger partial charge >= 0.3 is 0 Å². The Labute approximate surface area is 85.7 Å². The van der Waals surface area contributed by atoms with Crippen molar-refractivity contribution in [2.75, 3.05) is 0 Å². The molecule has 1 aromatic rings. The van der Waals surface area contributed by atoms with Gasteiger partial charge < -0.3 is 0 Å². The number of benzene rings is 1. The van der Waals surface area contributed by atoms with E-state index in [9.17, 15) is 13.6 Å². The van der Waals surface area contributed by atoms with Crippen LogP contribution in [0, 0.1) is 11.6 Å². The van der Waals surface area contributed by atoms with Crippen LogP contribution in [0.25, 0.3) is 0 Å². The first-order valence-corrected chi connectivity index (χ1v) is 4.61. The third-order valence-electron chi connectivity index (χ3n) is 1.84. The van der Waals surface area contributed by atoms with Gasteiger partial charge in [0.2, 0.25) is 0 Å². The lowest BCUT2D eigenvalue weighted by Gasteiger charge is -2.03. The lowest BCUT2D eigenvalue weighted by Crippen LogP contribution is -2.01. The van der Waals surface area contributed by atoms with E-state index in [4.69, 9.17) is 11.6 Å². The lowest BCUT2D eigenvalue weighted by molar-refractivity contribution is 0.107. The molecule has 76 valence electrons. The number of rotatable bonds is 3. The molecule has 0 aromatic heterocycles. The average Bonchev–Trinajstić information content (AvgIpc) is 2.01. The van der Waals surface area contributed by atoms with E-state index in [1.807, 2.05) is 6.92 Å². The molecule has 1 nitrogen and oxygen atoms in total. The first-order chi connectivity index (χ1) is 6.56. The van der Waals surface area contributed by atoms with Crippen molar-refractivity contribution in [3.63, 3.8) is 0 Å². The largest absolute Gasteiger partial charge is 0.275 e. The van der Waals surface area contributed by atoms with Gasteiger partial charge in [-0.15, -0.1) is 0 Å². The van der Waals surface area contributed by atoms with E-state index in [2.05, 4.69) is 0 Å². The lowest BCUT2D eigenvalue weighted by atomic mass is 10.1. The smallest absolute Gasteiger partial charge is 0.258 e. The van der Waals surface area contributed by atoms with E-state index in [0.29, 0.717) is 12.0 Å². The van der Waals surface area contributed by atoms with Gasteiger partial charge in [0, 0.05) is 0 Å². The summed E-state index contributed by atoms with van der Waals surface area (Å²) in [5.74, 6) is -1.79. The van der Waals surface area contributed by atoms with Crippen LogP contribution in [0.3, 0.4) is 0 Å². The minimum atomic E-state index is -1.11. The van der Waals surface area contributed by atoms with Gasteiger partial charge in [0.25, 0.3) is 5.24 Å². The third kappa shape index (κ3) is 2.29. The quantitative estimate of drug-likeness (QED) is 0.712. The molecule has 0 bridgehead atoms. The first-order valence-electron chi connectivity index (χ1n) is 4.24. The molecule has 4 heteroatoms. The molecular formula is C10H9ClF2O. The standard InChI is InChI=1S/C10H9ClF2O/c1-2-3-6-4-7(12)9(10(11)14)8(13)5-6/h4-5H,2-3H2,1H3. The molecule has 0 aliphatic carbocycles. The normalized spacial score (nSPS) is 10.3. The minimum absolute atomic E-state index is 0.532. The zero-order valence-electron chi connectivity index (χ0n) is 7.61. The monoisotopic (exact) mass is 218 g/mol. The van der Waals surface area contributed by atoms with E-state index in [1.165, 1.54) is 0 Å². The number of halogens is 3. The van der Waals surface area contributed by atoms with E-state index in [0.717, 1.165) is 18.6 Å². The Morgan fingerprint density at radius 1 is 1.36 bits per heavy atom. The number of carbonyl (C=O) groups excluding carboxylic acids is 1. The van der Waals surface area contributed by atoms with Gasteiger partial charge in [0.15, 0.2) is 0 Å². The predicted octanol–water partition coefficient (Wildman–Crippen LogP) is 3.30. The summed E-state index contributed by atoms with van der Waals surface area (Å²) in [5.41, 5.74) is -0.143. The van der Waals surface area contributed by atoms with E-state index < -0.39 is 22.4 Å². The molecule has 1 aromatic carbocycles. The second-order valence-electron chi connectivity index (χ2n) is 2.96. The fraction of sp³-hybridized carbons (Fsp3) is 0.300. The molecule has 0 amide bonds. The Morgan fingerprint density at radius 3 is 2.21 bits per heavy atom. The molecule has 0 atom stereocenters. The van der Waals surface area contributed by atoms with Gasteiger partial charge in [-0.3, -0.25) is 4.79 Å². The van der Waals surface area contributed by atoms with E-state index in [-0.39, 0.29) is 0 Å². The van der Waals surface area contributed by atoms with Crippen LogP contribution in [0.2, 0.25) is 0 Å². The summed E-state index contributed by atoms with van der Waals surface area (Å²) in [6.07, 6.45) is 1.36. The van der Waals surface area contributed by atoms with Crippen molar-refractivity contribution in [1.82, 2.24) is 0 Å². The number of carbonyl (C=O) groups is 1. The first kappa shape index (κ1) is 11.1. The van der Waals surface area contributed by atoms with Crippen molar-refractivity contribution < 1.29 is 13.6 Å². The number of hydrogen-bond donors (Lipinski definition) is 0. The Morgan fingerprint density at radius 2 is 1.86 bits per heavy atom. The number of aryl methyl sites for hydroxylation is 1. The van der Waals surface area contributed by atoms with Gasteiger partial charge in [0.05, 0.1) is 0 Å². The highest BCUT2D eigenvalue weighted by Gasteiger charge is 2.16. The molecule has 0 fully saturated rings. The summed E-state index contributed by atoms with van der Waals surface area (Å²) in [6.45, 7) is 1.90. The highest BCUT2D eigenvalue weighted by molar-refractivity contribution is 6.67. The second kappa shape index (κ2) is 4.51. The van der Waals surface area contributed by atoms with Crippen LogP contribution in [0.4, 0.5) is 8.78 Å². The van der Waals surface area contributed by atoms with E-state index >= 15 is 0 Å². The van der Waals surface area contributed by atoms with Gasteiger partial charge in [-0.05, 0) is 35.7 Å². The topological polar surface area (TPSA) is 17.1 Å². The average molecular weight is 219 g/mol. The summed E-state index contributed by atoms with van der Waals surface area (Å²) >= 11 is 5.02. The van der Waals surface area contributed by atoms with Crippen LogP contribution < -0.4 is 0 Å². The fourth-order valence-electron chi connectivity index (χ4n) is 1.25. The molecule has 0 saturated heterocycles. The van der Waals surface area contributed by atoms with Crippen LogP contribution in [0.15, 0.2) is 12.1 Å². The van der Waals surface area contributed by atoms with Crippen molar-refractivity contribution in [1.29, 1.82) is 0 Å². The molecule has 14 heavy (non-hydrogen) atoms. The third-order valence-corrected chi connectivity index (χ3v) is 2.03. The molecule has 0 saturated carbocycles. The van der Waals surface area contributed by atoms with Crippen molar-refractivity contribution in [2.24, 2.45) is 0 Å². The minimum Gasteiger partial charge on any atom is -0.275 e. The summed E-state index contributed by atoms with van der Waals surface area (Å²) in [7, 11) is 0. The van der Waals surface area contributed by atoms with Crippen LogP contribution in [-0.4, -0.2) is 5.24 Å². The maximum absolute atomic E-state index is 13.1. The summed E-state index contributed by atoms with van der Waals surface area (Å²) in [4.78, 5) is 10.6. The molecule has 0 spiro atoms. The maximum Gasteiger partial charge on any atom is 0.258 e. The molecule has 0 aliphatic rings. The van der Waals surface area contributed by atoms with Crippen LogP contribution in [0.1, 0.15) is 29.3 Å². The predicted molar refractivity (Wildman–Crippen MR) is 50.5 cm³/mol. The molecule has 0 heterocycles. The van der Waals surface area contributed by atoms with Crippen molar-refractivity contribution in [3.05, 3.63) is 34.9 Å². The molecular weight excluding hydrogens is 210 g/mol. The Balaban J connectivity index is 3.18. The van der Waals surface area contributed by atoms with E-state index in [1.54, 1.807) is 0 Å². The Kier molecular flexibility index (Phi) is 3.58. The molecule has 0 radical (unpaired) electrons. The number of hydrogen-bond acceptors (Lipinski definition) is 1. The van der Waals surface area contributed by atoms with Crippen molar-refractivity contribution in [2.45, 2.75) is 19.8 Å². The zero-order valence-corrected chi connectivity index (χ0v) is 8.37. The summed E-state index contributed by atoms with van der Waals surface area (Å²) in [5, 5.41) is -1.11.